The van der Waals surface area contributed by atoms with Gasteiger partial charge in [0.15, 0.2) is 0 Å². The molecule has 1 aromatic carbocycles. The molecule has 0 aromatic heterocycles. The fourth-order valence-corrected chi connectivity index (χ4v) is 5.30. The fraction of sp³-hybridized carbons (Fsp3) is 0. The fourth-order valence-electron chi connectivity index (χ4n) is 0.569. The Morgan fingerprint density at radius 2 is 1.70 bits per heavy atom. The molecule has 1 aromatic rings. The molecule has 10 heavy (non-hydrogen) atoms. The third-order valence-corrected chi connectivity index (χ3v) is 5.41. The van der Waals surface area contributed by atoms with E-state index in [1.54, 1.807) is 0 Å². The molecule has 0 aliphatic carbocycles. The van der Waals surface area contributed by atoms with E-state index in [9.17, 15) is 0 Å². The topological polar surface area (TPSA) is 4.36 Å². The van der Waals surface area contributed by atoms with Crippen molar-refractivity contribution in [1.29, 1.82) is 0 Å². The average molecular weight is 529 g/mol. The average Bonchev–Trinajstić information content (AvgIpc) is 1.88. The summed E-state index contributed by atoms with van der Waals surface area (Å²) in [5.74, 6) is 0. The van der Waals surface area contributed by atoms with E-state index in [0.717, 1.165) is 5.69 Å². The van der Waals surface area contributed by atoms with Gasteiger partial charge in [-0.25, -0.2) is 0 Å². The third kappa shape index (κ3) is 3.46. The van der Waals surface area contributed by atoms with Crippen LogP contribution in [0.3, 0.4) is 0 Å². The molecule has 1 nitrogen and oxygen atoms in total. The Kier molecular flexibility index (Phi) is 4.45. The number of hydrogen-bond acceptors (Lipinski definition) is 0. The minimum absolute atomic E-state index is 1.14. The zero-order valence-corrected chi connectivity index (χ0v) is 12.2. The maximum atomic E-state index is 4.53. The van der Waals surface area contributed by atoms with Crippen molar-refractivity contribution in [3.8, 4) is 0 Å². The van der Waals surface area contributed by atoms with Crippen LogP contribution in [0.1, 0.15) is 0 Å². The maximum absolute atomic E-state index is 4.53. The molecular weight excluding hydrogens is 524 g/mol. The van der Waals surface area contributed by atoms with E-state index in [1.165, 1.54) is 0 Å². The van der Waals surface area contributed by atoms with E-state index in [1.807, 2.05) is 18.2 Å². The van der Waals surface area contributed by atoms with Gasteiger partial charge in [0, 0.05) is 0 Å². The van der Waals surface area contributed by atoms with Gasteiger partial charge in [0.1, 0.15) is 0 Å². The zero-order chi connectivity index (χ0) is 7.40. The second-order valence-electron chi connectivity index (χ2n) is 1.62. The predicted octanol–water partition coefficient (Wildman–Crippen LogP) is 3.93. The summed E-state index contributed by atoms with van der Waals surface area (Å²) in [6.45, 7) is 0. The van der Waals surface area contributed by atoms with Crippen LogP contribution in [0.2, 0.25) is 0 Å². The Bertz CT molecular complexity index is 279. The molecule has 0 saturated heterocycles. The van der Waals surface area contributed by atoms with Crippen LogP contribution in [-0.4, -0.2) is 0 Å². The summed E-state index contributed by atoms with van der Waals surface area (Å²) in [6, 6.07) is 10.2. The Morgan fingerprint density at radius 1 is 1.10 bits per heavy atom. The van der Waals surface area contributed by atoms with Crippen LogP contribution in [0.5, 0.6) is 0 Å². The van der Waals surface area contributed by atoms with Gasteiger partial charge in [-0.15, -0.1) is 0 Å². The van der Waals surface area contributed by atoms with Crippen molar-refractivity contribution in [3.63, 3.8) is 0 Å². The van der Waals surface area contributed by atoms with Crippen LogP contribution in [0, 0.1) is 0 Å². The monoisotopic (exact) mass is 529 g/mol. The third-order valence-electron chi connectivity index (χ3n) is 0.931. The molecule has 1 rings (SSSR count). The quantitative estimate of drug-likeness (QED) is 0.450. The zero-order valence-electron chi connectivity index (χ0n) is 5.00. The SMILES string of the molecule is [I][W]([I])#[N+]c1ccccc1. The van der Waals surface area contributed by atoms with Gasteiger partial charge in [-0.2, -0.15) is 0 Å². The summed E-state index contributed by atoms with van der Waals surface area (Å²) in [5, 5.41) is 0. The van der Waals surface area contributed by atoms with E-state index < -0.39 is 9.58 Å². The minimum atomic E-state index is -1.30. The first kappa shape index (κ1) is 9.17. The van der Waals surface area contributed by atoms with E-state index >= 15 is 0 Å². The van der Waals surface area contributed by atoms with E-state index in [4.69, 9.17) is 0 Å². The second kappa shape index (κ2) is 4.86. The van der Waals surface area contributed by atoms with Crippen molar-refractivity contribution in [1.82, 2.24) is 0 Å². The van der Waals surface area contributed by atoms with Gasteiger partial charge in [0.25, 0.3) is 0 Å². The Hall–Kier alpha value is 1.08. The standard InChI is InChI=1S/C6H5N.2HI.W/c7-6-4-2-1-3-5-6;;;/h1-5H;2*1H;/q+1;;;+2/p-2. The molecule has 0 aliphatic rings. The van der Waals surface area contributed by atoms with Gasteiger partial charge in [-0.1, -0.05) is 0 Å². The molecule has 0 saturated carbocycles. The number of rotatable bonds is 0. The molecule has 0 aliphatic heterocycles. The molecule has 0 amide bonds. The van der Waals surface area contributed by atoms with Crippen LogP contribution < -0.4 is 0 Å². The van der Waals surface area contributed by atoms with Crippen LogP contribution >= 0.6 is 38.7 Å². The molecular formula is C6H5I2NW+. The number of hydrogen-bond donors (Lipinski definition) is 0. The van der Waals surface area contributed by atoms with Crippen LogP contribution in [-0.2, 0) is 9.58 Å². The second-order valence-corrected chi connectivity index (χ2v) is 31.1. The number of halogens is 2. The molecule has 53 valence electrons. The number of nitrogens with zero attached hydrogens (tertiary/aromatic N) is 1. The van der Waals surface area contributed by atoms with Crippen molar-refractivity contribution in [3.05, 3.63) is 33.6 Å². The molecule has 0 heterocycles. The molecule has 0 bridgehead atoms. The van der Waals surface area contributed by atoms with E-state index in [-0.39, 0.29) is 0 Å². The van der Waals surface area contributed by atoms with Crippen molar-refractivity contribution in [2.75, 3.05) is 0 Å². The Balaban J connectivity index is 2.98. The van der Waals surface area contributed by atoms with Crippen molar-refractivity contribution < 1.29 is 9.58 Å². The first-order chi connectivity index (χ1) is 4.79. The molecule has 0 atom stereocenters. The Morgan fingerprint density at radius 3 is 2.20 bits per heavy atom. The first-order valence-electron chi connectivity index (χ1n) is 2.63. The molecule has 0 radical (unpaired) electrons. The van der Waals surface area contributed by atoms with Crippen molar-refractivity contribution in [2.24, 2.45) is 0 Å². The van der Waals surface area contributed by atoms with Gasteiger partial charge in [0.2, 0.25) is 0 Å². The van der Waals surface area contributed by atoms with Crippen LogP contribution in [0.25, 0.3) is 3.31 Å². The van der Waals surface area contributed by atoms with E-state index in [2.05, 4.69) is 54.1 Å². The summed E-state index contributed by atoms with van der Waals surface area (Å²) >= 11 is 4.92. The molecule has 4 heteroatoms. The molecule has 0 fully saturated rings. The predicted molar refractivity (Wildman–Crippen MR) is 57.5 cm³/mol. The Labute approximate surface area is 86.3 Å². The summed E-state index contributed by atoms with van der Waals surface area (Å²) in [5.41, 5.74) is 1.14. The normalized spacial score (nSPS) is 8.60. The first-order valence-corrected chi connectivity index (χ1v) is 20.6. The van der Waals surface area contributed by atoms with Gasteiger partial charge in [0.05, 0.1) is 0 Å². The van der Waals surface area contributed by atoms with Crippen LogP contribution in [0.15, 0.2) is 30.3 Å². The summed E-state index contributed by atoms with van der Waals surface area (Å²) in [7, 11) is -1.30. The molecule has 0 spiro atoms. The van der Waals surface area contributed by atoms with Gasteiger partial charge in [-0.3, -0.25) is 0 Å². The summed E-state index contributed by atoms with van der Waals surface area (Å²) < 4.78 is 4.53. The molecule has 0 N–H and O–H groups in total. The van der Waals surface area contributed by atoms with E-state index in [0.29, 0.717) is 0 Å². The van der Waals surface area contributed by atoms with Crippen molar-refractivity contribution in [2.45, 2.75) is 0 Å². The van der Waals surface area contributed by atoms with Gasteiger partial charge < -0.3 is 0 Å². The molecule has 0 unspecified atom stereocenters. The van der Waals surface area contributed by atoms with Gasteiger partial charge in [-0.05, 0) is 0 Å². The van der Waals surface area contributed by atoms with Gasteiger partial charge >= 0.3 is 87.6 Å². The van der Waals surface area contributed by atoms with Crippen molar-refractivity contribution >= 4 is 44.4 Å². The number of benzene rings is 1. The van der Waals surface area contributed by atoms with Crippen LogP contribution in [0.4, 0.5) is 5.69 Å². The summed E-state index contributed by atoms with van der Waals surface area (Å²) in [6.07, 6.45) is 0. The summed E-state index contributed by atoms with van der Waals surface area (Å²) in [4.78, 5) is 0.